The minimum Gasteiger partial charge on any atom is -0.0616 e. The van der Waals surface area contributed by atoms with Gasteiger partial charge in [0.05, 0.1) is 0 Å². The van der Waals surface area contributed by atoms with Gasteiger partial charge in [0.1, 0.15) is 0 Å². The highest BCUT2D eigenvalue weighted by Gasteiger charge is 2.16. The van der Waals surface area contributed by atoms with Crippen molar-refractivity contribution < 1.29 is 0 Å². The van der Waals surface area contributed by atoms with Crippen molar-refractivity contribution in [2.45, 2.75) is 0 Å². The summed E-state index contributed by atoms with van der Waals surface area (Å²) in [5.41, 5.74) is 7.45. The van der Waals surface area contributed by atoms with Crippen LogP contribution in [0.3, 0.4) is 0 Å². The van der Waals surface area contributed by atoms with Crippen LogP contribution in [-0.2, 0) is 0 Å². The summed E-state index contributed by atoms with van der Waals surface area (Å²) >= 11 is 0. The Hall–Kier alpha value is -7.80. The molecule has 0 aliphatic carbocycles. The van der Waals surface area contributed by atoms with E-state index in [1.165, 1.54) is 130 Å². The largest absolute Gasteiger partial charge is 0.0616 e. The summed E-state index contributed by atoms with van der Waals surface area (Å²) in [5, 5.41) is 23.1. The first-order valence-electron chi connectivity index (χ1n) is 20.9. The topological polar surface area (TPSA) is 0 Å². The third kappa shape index (κ3) is 4.98. The zero-order valence-electron chi connectivity index (χ0n) is 32.8. The Balaban J connectivity index is 0.919. The Morgan fingerprint density at radius 1 is 0.167 bits per heavy atom. The molecule has 0 unspecified atom stereocenters. The molecule has 13 rings (SSSR count). The fourth-order valence-electron chi connectivity index (χ4n) is 10.3. The van der Waals surface area contributed by atoms with Gasteiger partial charge < -0.3 is 0 Å². The lowest BCUT2D eigenvalue weighted by atomic mass is 9.87. The van der Waals surface area contributed by atoms with Crippen molar-refractivity contribution in [1.29, 1.82) is 0 Å². The second-order valence-electron chi connectivity index (χ2n) is 16.4. The normalized spacial score (nSPS) is 12.0. The van der Waals surface area contributed by atoms with Crippen LogP contribution in [0.1, 0.15) is 0 Å². The van der Waals surface area contributed by atoms with Gasteiger partial charge in [0.15, 0.2) is 0 Å². The molecule has 13 aromatic rings. The number of benzene rings is 13. The smallest absolute Gasteiger partial charge is 0.00199 e. The second-order valence-corrected chi connectivity index (χ2v) is 16.4. The van der Waals surface area contributed by atoms with Gasteiger partial charge in [-0.3, -0.25) is 0 Å². The summed E-state index contributed by atoms with van der Waals surface area (Å²) in [6, 6.07) is 81.4. The van der Waals surface area contributed by atoms with Gasteiger partial charge in [-0.2, -0.15) is 0 Å². The van der Waals surface area contributed by atoms with Crippen molar-refractivity contribution in [3.8, 4) is 33.4 Å². The van der Waals surface area contributed by atoms with E-state index in [1.54, 1.807) is 0 Å². The molecule has 13 aromatic carbocycles. The quantitative estimate of drug-likeness (QED) is 0.158. The lowest BCUT2D eigenvalue weighted by Gasteiger charge is -2.16. The Labute approximate surface area is 347 Å². The molecule has 0 saturated carbocycles. The van der Waals surface area contributed by atoms with Gasteiger partial charge in [0, 0.05) is 0 Å². The summed E-state index contributed by atoms with van der Waals surface area (Å²) < 4.78 is 0. The van der Waals surface area contributed by atoms with Crippen molar-refractivity contribution in [1.82, 2.24) is 0 Å². The monoisotopic (exact) mass is 756 g/mol. The molecule has 0 N–H and O–H groups in total. The van der Waals surface area contributed by atoms with E-state index in [0.717, 1.165) is 0 Å². The lowest BCUT2D eigenvalue weighted by Crippen LogP contribution is -1.89. The summed E-state index contributed by atoms with van der Waals surface area (Å²) in [6.45, 7) is 0. The lowest BCUT2D eigenvalue weighted by molar-refractivity contribution is 1.66. The molecular formula is C60H36. The van der Waals surface area contributed by atoms with Crippen LogP contribution in [0.15, 0.2) is 218 Å². The molecule has 0 aromatic heterocycles. The number of fused-ring (bicyclic) bond motifs is 15. The predicted molar refractivity (Wildman–Crippen MR) is 260 cm³/mol. The summed E-state index contributed by atoms with van der Waals surface area (Å²) in [6.07, 6.45) is 0. The minimum atomic E-state index is 1.22. The van der Waals surface area contributed by atoms with Gasteiger partial charge in [-0.25, -0.2) is 0 Å². The van der Waals surface area contributed by atoms with Crippen LogP contribution < -0.4 is 0 Å². The third-order valence-electron chi connectivity index (χ3n) is 13.1. The van der Waals surface area contributed by atoms with E-state index in [4.69, 9.17) is 0 Å². The fourth-order valence-corrected chi connectivity index (χ4v) is 10.3. The maximum absolute atomic E-state index is 2.44. The predicted octanol–water partition coefficient (Wildman–Crippen LogP) is 17.1. The molecule has 0 atom stereocenters. The van der Waals surface area contributed by atoms with Crippen molar-refractivity contribution in [3.05, 3.63) is 218 Å². The zero-order valence-corrected chi connectivity index (χ0v) is 32.8. The van der Waals surface area contributed by atoms with Crippen molar-refractivity contribution in [3.63, 3.8) is 0 Å². The summed E-state index contributed by atoms with van der Waals surface area (Å²) in [5.74, 6) is 0. The van der Waals surface area contributed by atoms with Crippen LogP contribution in [0.4, 0.5) is 0 Å². The van der Waals surface area contributed by atoms with Gasteiger partial charge in [0.2, 0.25) is 0 Å². The van der Waals surface area contributed by atoms with Crippen molar-refractivity contribution in [2.75, 3.05) is 0 Å². The van der Waals surface area contributed by atoms with Crippen molar-refractivity contribution >= 4 is 97.0 Å². The van der Waals surface area contributed by atoms with Gasteiger partial charge in [0.25, 0.3) is 0 Å². The van der Waals surface area contributed by atoms with Crippen LogP contribution in [0.25, 0.3) is 130 Å². The molecular weight excluding hydrogens is 721 g/mol. The third-order valence-corrected chi connectivity index (χ3v) is 13.1. The molecule has 0 heterocycles. The van der Waals surface area contributed by atoms with Crippen LogP contribution >= 0.6 is 0 Å². The fraction of sp³-hybridized carbons (Fsp3) is 0. The molecule has 0 aliphatic rings. The van der Waals surface area contributed by atoms with Gasteiger partial charge in [-0.05, 0) is 167 Å². The molecule has 0 heteroatoms. The van der Waals surface area contributed by atoms with Crippen LogP contribution in [0.2, 0.25) is 0 Å². The van der Waals surface area contributed by atoms with E-state index in [9.17, 15) is 0 Å². The van der Waals surface area contributed by atoms with E-state index >= 15 is 0 Å². The maximum atomic E-state index is 2.44. The van der Waals surface area contributed by atoms with E-state index in [-0.39, 0.29) is 0 Å². The molecule has 0 radical (unpaired) electrons. The summed E-state index contributed by atoms with van der Waals surface area (Å²) in [4.78, 5) is 0. The van der Waals surface area contributed by atoms with Gasteiger partial charge >= 0.3 is 0 Å². The molecule has 276 valence electrons. The highest BCUT2D eigenvalue weighted by molar-refractivity contribution is 6.33. The first-order chi connectivity index (χ1) is 29.7. The minimum absolute atomic E-state index is 1.22. The van der Waals surface area contributed by atoms with E-state index in [2.05, 4.69) is 218 Å². The highest BCUT2D eigenvalue weighted by atomic mass is 14.2. The van der Waals surface area contributed by atoms with Gasteiger partial charge in [-0.1, -0.05) is 182 Å². The molecule has 0 amide bonds. The standard InChI is InChI=1S/C60H36/c1-2-12-47-38(11-1)23-30-45-35-56(51-16-6-8-18-53(51)59(45)47)43-29-27-40-31-39(25-26-41(40)32-43)42-24-21-37-22-28-44(34-46(37)33-42)57-36-58-50-15-4-3-13-48(50)49-14-5-9-19-54(49)60(58)55-20-10-7-17-52(55)57/h1-36H. The van der Waals surface area contributed by atoms with Crippen LogP contribution in [0, 0.1) is 0 Å². The Bertz CT molecular complexity index is 3940. The first kappa shape index (κ1) is 33.2. The Kier molecular flexibility index (Phi) is 7.11. The average Bonchev–Trinajstić information content (AvgIpc) is 3.32. The zero-order chi connectivity index (χ0) is 39.3. The Morgan fingerprint density at radius 3 is 1.20 bits per heavy atom. The summed E-state index contributed by atoms with van der Waals surface area (Å²) in [7, 11) is 0. The molecule has 0 spiro atoms. The number of rotatable bonds is 3. The average molecular weight is 757 g/mol. The molecule has 0 fully saturated rings. The van der Waals surface area contributed by atoms with Gasteiger partial charge in [-0.15, -0.1) is 0 Å². The molecule has 0 nitrogen and oxygen atoms in total. The first-order valence-corrected chi connectivity index (χ1v) is 20.9. The van der Waals surface area contributed by atoms with E-state index < -0.39 is 0 Å². The van der Waals surface area contributed by atoms with E-state index in [1.807, 2.05) is 0 Å². The van der Waals surface area contributed by atoms with Crippen LogP contribution in [0.5, 0.6) is 0 Å². The highest BCUT2D eigenvalue weighted by Crippen LogP contribution is 2.44. The van der Waals surface area contributed by atoms with E-state index in [0.29, 0.717) is 0 Å². The molecule has 0 aliphatic heterocycles. The molecule has 0 saturated heterocycles. The van der Waals surface area contributed by atoms with Crippen LogP contribution in [-0.4, -0.2) is 0 Å². The number of hydrogen-bond acceptors (Lipinski definition) is 0. The molecule has 0 bridgehead atoms. The molecule has 60 heavy (non-hydrogen) atoms. The maximum Gasteiger partial charge on any atom is -0.00199 e. The second kappa shape index (κ2) is 12.9. The Morgan fingerprint density at radius 2 is 0.550 bits per heavy atom. The number of hydrogen-bond donors (Lipinski definition) is 0. The SMILES string of the molecule is c1ccc2c(c1)ccc1cc(-c3ccc4cc(-c5ccc6ccc(-c7cc8c9ccccc9c9ccccc9c8c8ccccc78)cc6c5)ccc4c3)c3ccccc3c12. The van der Waals surface area contributed by atoms with Crippen molar-refractivity contribution in [2.24, 2.45) is 0 Å².